The quantitative estimate of drug-likeness (QED) is 0.699. The Labute approximate surface area is 171 Å². The summed E-state index contributed by atoms with van der Waals surface area (Å²) in [7, 11) is 0. The first-order chi connectivity index (χ1) is 13.9. The topological polar surface area (TPSA) is 81.4 Å². The Hall–Kier alpha value is -2.41. The molecule has 29 heavy (non-hydrogen) atoms. The van der Waals surface area contributed by atoms with Crippen LogP contribution in [0.5, 0.6) is 5.75 Å². The van der Waals surface area contributed by atoms with Crippen molar-refractivity contribution in [2.75, 3.05) is 6.61 Å². The molecule has 1 heterocycles. The molecule has 1 amide bonds. The van der Waals surface area contributed by atoms with Gasteiger partial charge in [-0.15, -0.1) is 0 Å². The van der Waals surface area contributed by atoms with Crippen LogP contribution in [0.4, 0.5) is 4.39 Å². The molecule has 2 aromatic rings. The van der Waals surface area contributed by atoms with Crippen molar-refractivity contribution in [2.45, 2.75) is 50.0 Å². The summed E-state index contributed by atoms with van der Waals surface area (Å²) in [5.74, 6) is 0.693. The first kappa shape index (κ1) is 18.6. The standard InChI is InChI=1S/C21H20ClFN2O4/c22-15-4-3-14(5-16(15)23)28-8-13(26)6-20-9-21(10-20,11-20)25-18(27)17-7-24-19(29-17)12-1-2-12/h3-5,7,12H,1-2,6,8-11H2,(H,25,27). The third kappa shape index (κ3) is 3.52. The first-order valence-corrected chi connectivity index (χ1v) is 10.1. The van der Waals surface area contributed by atoms with Crippen LogP contribution in [0.25, 0.3) is 0 Å². The van der Waals surface area contributed by atoms with Crippen molar-refractivity contribution in [3.63, 3.8) is 0 Å². The zero-order valence-corrected chi connectivity index (χ0v) is 16.4. The summed E-state index contributed by atoms with van der Waals surface area (Å²) in [5, 5.41) is 3.06. The van der Waals surface area contributed by atoms with Crippen molar-refractivity contribution in [1.82, 2.24) is 10.3 Å². The van der Waals surface area contributed by atoms with E-state index in [0.29, 0.717) is 18.2 Å². The Morgan fingerprint density at radius 2 is 2.07 bits per heavy atom. The highest BCUT2D eigenvalue weighted by molar-refractivity contribution is 6.30. The number of carbonyl (C=O) groups excluding carboxylic acids is 2. The van der Waals surface area contributed by atoms with E-state index in [2.05, 4.69) is 10.3 Å². The van der Waals surface area contributed by atoms with Crippen LogP contribution < -0.4 is 10.1 Å². The number of halogens is 2. The summed E-state index contributed by atoms with van der Waals surface area (Å²) in [5.41, 5.74) is -0.288. The number of nitrogens with zero attached hydrogens (tertiary/aromatic N) is 1. The molecule has 1 aromatic carbocycles. The lowest BCUT2D eigenvalue weighted by Crippen LogP contribution is -2.75. The number of carbonyl (C=O) groups is 2. The van der Waals surface area contributed by atoms with Gasteiger partial charge in [0, 0.05) is 23.9 Å². The maximum Gasteiger partial charge on any atom is 0.289 e. The highest BCUT2D eigenvalue weighted by Gasteiger charge is 2.68. The lowest BCUT2D eigenvalue weighted by molar-refractivity contribution is -0.162. The lowest BCUT2D eigenvalue weighted by Gasteiger charge is -2.70. The monoisotopic (exact) mass is 418 g/mol. The SMILES string of the molecule is O=C(COc1ccc(Cl)c(F)c1)CC12CC(NC(=O)c3cnc(C4CC4)o3)(C1)C2. The molecule has 6 nitrogen and oxygen atoms in total. The van der Waals surface area contributed by atoms with Crippen LogP contribution >= 0.6 is 11.6 Å². The second kappa shape index (κ2) is 6.55. The number of Topliss-reactive ketones (excluding diaryl/α,β-unsaturated/α-hetero) is 1. The summed E-state index contributed by atoms with van der Waals surface area (Å²) in [6, 6.07) is 4.09. The number of nitrogens with one attached hydrogen (secondary N) is 1. The largest absolute Gasteiger partial charge is 0.486 e. The van der Waals surface area contributed by atoms with Crippen LogP contribution in [-0.4, -0.2) is 28.8 Å². The number of benzene rings is 1. The minimum atomic E-state index is -0.579. The molecule has 4 aliphatic rings. The van der Waals surface area contributed by atoms with Gasteiger partial charge in [-0.05, 0) is 49.7 Å². The molecule has 1 aromatic heterocycles. The molecule has 4 saturated carbocycles. The Balaban J connectivity index is 1.08. The third-order valence-corrected chi connectivity index (χ3v) is 6.36. The zero-order valence-electron chi connectivity index (χ0n) is 15.7. The second-order valence-corrected chi connectivity index (χ2v) is 9.09. The second-order valence-electron chi connectivity index (χ2n) is 8.68. The molecule has 0 atom stereocenters. The van der Waals surface area contributed by atoms with E-state index in [0.717, 1.165) is 32.1 Å². The number of ether oxygens (including phenoxy) is 1. The summed E-state index contributed by atoms with van der Waals surface area (Å²) < 4.78 is 24.3. The maximum atomic E-state index is 13.4. The van der Waals surface area contributed by atoms with E-state index in [-0.39, 0.29) is 45.8 Å². The smallest absolute Gasteiger partial charge is 0.289 e. The van der Waals surface area contributed by atoms with Crippen LogP contribution in [0.15, 0.2) is 28.8 Å². The minimum absolute atomic E-state index is 0.0129. The number of hydrogen-bond donors (Lipinski definition) is 1. The molecular weight excluding hydrogens is 399 g/mol. The van der Waals surface area contributed by atoms with Crippen molar-refractivity contribution in [3.8, 4) is 5.75 Å². The van der Waals surface area contributed by atoms with Gasteiger partial charge in [-0.1, -0.05) is 11.6 Å². The molecule has 1 N–H and O–H groups in total. The van der Waals surface area contributed by atoms with E-state index < -0.39 is 5.82 Å². The van der Waals surface area contributed by atoms with E-state index >= 15 is 0 Å². The average molecular weight is 419 g/mol. The first-order valence-electron chi connectivity index (χ1n) is 9.73. The van der Waals surface area contributed by atoms with Crippen molar-refractivity contribution in [1.29, 1.82) is 0 Å². The number of hydrogen-bond acceptors (Lipinski definition) is 5. The highest BCUT2D eigenvalue weighted by Crippen LogP contribution is 2.69. The van der Waals surface area contributed by atoms with Crippen molar-refractivity contribution < 1.29 is 23.1 Å². The molecule has 4 fully saturated rings. The molecule has 2 bridgehead atoms. The molecule has 8 heteroatoms. The number of aromatic nitrogens is 1. The van der Waals surface area contributed by atoms with Gasteiger partial charge in [0.25, 0.3) is 5.91 Å². The fourth-order valence-corrected chi connectivity index (χ4v) is 4.85. The van der Waals surface area contributed by atoms with Gasteiger partial charge in [0.15, 0.2) is 11.7 Å². The van der Waals surface area contributed by atoms with E-state index in [4.69, 9.17) is 20.8 Å². The number of rotatable bonds is 8. The lowest BCUT2D eigenvalue weighted by atomic mass is 9.38. The van der Waals surface area contributed by atoms with Gasteiger partial charge in [0.2, 0.25) is 5.76 Å². The van der Waals surface area contributed by atoms with Gasteiger partial charge in [-0.25, -0.2) is 9.37 Å². The van der Waals surface area contributed by atoms with Gasteiger partial charge in [-0.2, -0.15) is 0 Å². The van der Waals surface area contributed by atoms with Crippen molar-refractivity contribution in [2.24, 2.45) is 5.41 Å². The fraction of sp³-hybridized carbons (Fsp3) is 0.476. The Kier molecular flexibility index (Phi) is 4.21. The van der Waals surface area contributed by atoms with E-state index in [1.165, 1.54) is 24.4 Å². The molecule has 152 valence electrons. The third-order valence-electron chi connectivity index (χ3n) is 6.06. The molecule has 6 rings (SSSR count). The van der Waals surface area contributed by atoms with E-state index in [9.17, 15) is 14.0 Å². The van der Waals surface area contributed by atoms with E-state index in [1.807, 2.05) is 0 Å². The minimum Gasteiger partial charge on any atom is -0.486 e. The van der Waals surface area contributed by atoms with Crippen LogP contribution in [0, 0.1) is 11.2 Å². The van der Waals surface area contributed by atoms with Crippen LogP contribution in [0.3, 0.4) is 0 Å². The Morgan fingerprint density at radius 1 is 1.31 bits per heavy atom. The fourth-order valence-electron chi connectivity index (χ4n) is 4.73. The average Bonchev–Trinajstić information content (AvgIpc) is 3.36. The molecule has 0 spiro atoms. The summed E-state index contributed by atoms with van der Waals surface area (Å²) in [6.45, 7) is -0.107. The van der Waals surface area contributed by atoms with Gasteiger partial charge >= 0.3 is 0 Å². The van der Waals surface area contributed by atoms with Crippen LogP contribution in [-0.2, 0) is 4.79 Å². The number of ketones is 1. The van der Waals surface area contributed by atoms with Crippen LogP contribution in [0.2, 0.25) is 5.02 Å². The molecule has 4 aliphatic carbocycles. The highest BCUT2D eigenvalue weighted by atomic mass is 35.5. The molecule has 0 unspecified atom stereocenters. The van der Waals surface area contributed by atoms with Gasteiger partial charge in [0.1, 0.15) is 18.2 Å². The van der Waals surface area contributed by atoms with E-state index in [1.54, 1.807) is 0 Å². The number of amides is 1. The van der Waals surface area contributed by atoms with Crippen LogP contribution in [0.1, 0.15) is 60.9 Å². The zero-order chi connectivity index (χ0) is 20.2. The van der Waals surface area contributed by atoms with Gasteiger partial charge in [0.05, 0.1) is 11.2 Å². The molecule has 0 aliphatic heterocycles. The Bertz CT molecular complexity index is 981. The summed E-state index contributed by atoms with van der Waals surface area (Å²) >= 11 is 5.63. The summed E-state index contributed by atoms with van der Waals surface area (Å²) in [6.07, 6.45) is 6.35. The van der Waals surface area contributed by atoms with Crippen molar-refractivity contribution in [3.05, 3.63) is 46.9 Å². The molecule has 0 saturated heterocycles. The summed E-state index contributed by atoms with van der Waals surface area (Å²) in [4.78, 5) is 28.8. The normalized spacial score (nSPS) is 27.0. The number of oxazole rings is 1. The molecule has 0 radical (unpaired) electrons. The van der Waals surface area contributed by atoms with Crippen molar-refractivity contribution >= 4 is 23.3 Å². The predicted octanol–water partition coefficient (Wildman–Crippen LogP) is 4.04. The van der Waals surface area contributed by atoms with Gasteiger partial charge in [-0.3, -0.25) is 9.59 Å². The predicted molar refractivity (Wildman–Crippen MR) is 101 cm³/mol. The molecular formula is C21H20ClFN2O4. The maximum absolute atomic E-state index is 13.4. The Morgan fingerprint density at radius 3 is 2.76 bits per heavy atom. The van der Waals surface area contributed by atoms with Gasteiger partial charge < -0.3 is 14.5 Å².